The lowest BCUT2D eigenvalue weighted by Gasteiger charge is -2.23. The van der Waals surface area contributed by atoms with Crippen LogP contribution in [0.15, 0.2) is 18.5 Å². The van der Waals surface area contributed by atoms with E-state index in [9.17, 15) is 4.79 Å². The van der Waals surface area contributed by atoms with Crippen molar-refractivity contribution in [2.24, 2.45) is 20.0 Å². The maximum Gasteiger partial charge on any atom is 0.271 e. The van der Waals surface area contributed by atoms with Gasteiger partial charge in [0.15, 0.2) is 11.6 Å². The van der Waals surface area contributed by atoms with Gasteiger partial charge in [0.2, 0.25) is 0 Å². The molecule has 4 aromatic heterocycles. The first kappa shape index (κ1) is 22.1. The van der Waals surface area contributed by atoms with Crippen LogP contribution in [-0.2, 0) is 20.6 Å². The molecule has 35 heavy (non-hydrogen) atoms. The molecule has 2 aliphatic rings. The molecule has 0 aromatic carbocycles. The molecule has 0 aliphatic heterocycles. The van der Waals surface area contributed by atoms with Gasteiger partial charge < -0.3 is 19.4 Å². The van der Waals surface area contributed by atoms with E-state index in [1.807, 2.05) is 48.7 Å². The molecule has 184 valence electrons. The maximum atomic E-state index is 14.0. The van der Waals surface area contributed by atoms with Gasteiger partial charge in [0, 0.05) is 49.9 Å². The molecule has 0 bridgehead atoms. The number of pyridine rings is 1. The SMILES string of the molecule is CCCC1CC1N(C(=O)c1cc2c3c(ncn3C)c(Nc3cc(C)n(C)n3)nc2n1CC)C1CC1. The highest BCUT2D eigenvalue weighted by Gasteiger charge is 2.49. The predicted octanol–water partition coefficient (Wildman–Crippen LogP) is 4.52. The molecule has 9 nitrogen and oxygen atoms in total. The molecule has 0 radical (unpaired) electrons. The quantitative estimate of drug-likeness (QED) is 0.406. The van der Waals surface area contributed by atoms with Crippen LogP contribution >= 0.6 is 0 Å². The van der Waals surface area contributed by atoms with Gasteiger partial charge in [-0.2, -0.15) is 5.10 Å². The monoisotopic (exact) mass is 474 g/mol. The van der Waals surface area contributed by atoms with Crippen LogP contribution in [0.5, 0.6) is 0 Å². The summed E-state index contributed by atoms with van der Waals surface area (Å²) in [6, 6.07) is 4.82. The number of amides is 1. The highest BCUT2D eigenvalue weighted by Crippen LogP contribution is 2.45. The van der Waals surface area contributed by atoms with Crippen molar-refractivity contribution in [1.82, 2.24) is 33.8 Å². The first-order valence-electron chi connectivity index (χ1n) is 12.9. The number of nitrogens with one attached hydrogen (secondary N) is 1. The predicted molar refractivity (Wildman–Crippen MR) is 137 cm³/mol. The molecule has 2 unspecified atom stereocenters. The third-order valence-corrected chi connectivity index (χ3v) is 7.68. The number of carbonyl (C=O) groups excluding carboxylic acids is 1. The van der Waals surface area contributed by atoms with Crippen molar-refractivity contribution in [2.75, 3.05) is 5.32 Å². The number of rotatable bonds is 8. The summed E-state index contributed by atoms with van der Waals surface area (Å²) in [7, 11) is 3.91. The van der Waals surface area contributed by atoms with Gasteiger partial charge in [-0.05, 0) is 51.5 Å². The summed E-state index contributed by atoms with van der Waals surface area (Å²) in [5.74, 6) is 2.19. The van der Waals surface area contributed by atoms with Crippen molar-refractivity contribution in [3.8, 4) is 0 Å². The van der Waals surface area contributed by atoms with Crippen molar-refractivity contribution in [2.45, 2.75) is 71.5 Å². The molecule has 9 heteroatoms. The number of nitrogens with zero attached hydrogens (tertiary/aromatic N) is 7. The lowest BCUT2D eigenvalue weighted by atomic mass is 10.2. The molecule has 1 N–H and O–H groups in total. The number of imidazole rings is 1. The Balaban J connectivity index is 1.46. The Morgan fingerprint density at radius 2 is 2.03 bits per heavy atom. The second-order valence-corrected chi connectivity index (χ2v) is 10.2. The number of aryl methyl sites for hydroxylation is 4. The maximum absolute atomic E-state index is 14.0. The van der Waals surface area contributed by atoms with E-state index in [1.54, 1.807) is 0 Å². The van der Waals surface area contributed by atoms with Crippen LogP contribution in [0.4, 0.5) is 11.6 Å². The van der Waals surface area contributed by atoms with E-state index in [-0.39, 0.29) is 5.91 Å². The smallest absolute Gasteiger partial charge is 0.271 e. The molecule has 2 atom stereocenters. The van der Waals surface area contributed by atoms with E-state index in [1.165, 1.54) is 12.8 Å². The van der Waals surface area contributed by atoms with E-state index in [2.05, 4.69) is 38.7 Å². The van der Waals surface area contributed by atoms with Gasteiger partial charge in [-0.15, -0.1) is 0 Å². The first-order chi connectivity index (χ1) is 16.9. The van der Waals surface area contributed by atoms with Crippen LogP contribution in [0.1, 0.15) is 62.1 Å². The van der Waals surface area contributed by atoms with Crippen molar-refractivity contribution in [1.29, 1.82) is 0 Å². The largest absolute Gasteiger partial charge is 0.333 e. The average Bonchev–Trinajstić information content (AvgIpc) is 3.70. The minimum absolute atomic E-state index is 0.154. The Hall–Kier alpha value is -3.36. The highest BCUT2D eigenvalue weighted by atomic mass is 16.2. The summed E-state index contributed by atoms with van der Waals surface area (Å²) in [5, 5.41) is 8.87. The summed E-state index contributed by atoms with van der Waals surface area (Å²) in [5.41, 5.74) is 4.34. The van der Waals surface area contributed by atoms with Crippen molar-refractivity contribution >= 4 is 39.6 Å². The fourth-order valence-electron chi connectivity index (χ4n) is 5.57. The molecule has 4 heterocycles. The molecule has 1 amide bonds. The Morgan fingerprint density at radius 3 is 2.69 bits per heavy atom. The Bertz CT molecular complexity index is 1420. The summed E-state index contributed by atoms with van der Waals surface area (Å²) in [6.45, 7) is 7.00. The number of hydrogen-bond donors (Lipinski definition) is 1. The van der Waals surface area contributed by atoms with Crippen LogP contribution in [0.2, 0.25) is 0 Å². The lowest BCUT2D eigenvalue weighted by molar-refractivity contribution is 0.0709. The van der Waals surface area contributed by atoms with Crippen LogP contribution < -0.4 is 5.32 Å². The van der Waals surface area contributed by atoms with Crippen molar-refractivity contribution in [3.63, 3.8) is 0 Å². The fourth-order valence-corrected chi connectivity index (χ4v) is 5.57. The van der Waals surface area contributed by atoms with Gasteiger partial charge in [0.1, 0.15) is 16.9 Å². The van der Waals surface area contributed by atoms with Crippen molar-refractivity contribution in [3.05, 3.63) is 29.8 Å². The summed E-state index contributed by atoms with van der Waals surface area (Å²) in [6.07, 6.45) is 7.57. The molecule has 2 saturated carbocycles. The van der Waals surface area contributed by atoms with Gasteiger partial charge in [-0.25, -0.2) is 9.97 Å². The van der Waals surface area contributed by atoms with Crippen LogP contribution in [0, 0.1) is 12.8 Å². The fraction of sp³-hybridized carbons (Fsp3) is 0.538. The molecule has 2 aliphatic carbocycles. The van der Waals surface area contributed by atoms with E-state index in [4.69, 9.17) is 4.98 Å². The zero-order chi connectivity index (χ0) is 24.4. The molecular weight excluding hydrogens is 440 g/mol. The molecule has 0 saturated heterocycles. The molecule has 4 aromatic rings. The first-order valence-corrected chi connectivity index (χ1v) is 12.9. The van der Waals surface area contributed by atoms with E-state index in [0.29, 0.717) is 30.4 Å². The topological polar surface area (TPSA) is 85.8 Å². The Morgan fingerprint density at radius 1 is 1.23 bits per heavy atom. The summed E-state index contributed by atoms with van der Waals surface area (Å²) in [4.78, 5) is 25.9. The van der Waals surface area contributed by atoms with Gasteiger partial charge in [-0.3, -0.25) is 9.48 Å². The normalized spacial score (nSPS) is 19.6. The summed E-state index contributed by atoms with van der Waals surface area (Å²) < 4.78 is 5.92. The standard InChI is InChI=1S/C26H34N8O/c1-6-8-16-12-19(16)34(17-9-10-17)26(35)20-13-18-23-22(27-14-31(23)4)24(29-25(18)33(20)7-2)28-21-11-15(3)32(5)30-21/h11,13-14,16-17,19H,6-10,12H2,1-5H3,(H,28,29,30). The summed E-state index contributed by atoms with van der Waals surface area (Å²) >= 11 is 0. The van der Waals surface area contributed by atoms with Gasteiger partial charge >= 0.3 is 0 Å². The highest BCUT2D eigenvalue weighted by molar-refractivity contribution is 6.10. The van der Waals surface area contributed by atoms with Gasteiger partial charge in [0.25, 0.3) is 5.91 Å². The van der Waals surface area contributed by atoms with Crippen molar-refractivity contribution < 1.29 is 4.79 Å². The second kappa shape index (κ2) is 8.10. The minimum atomic E-state index is 0.154. The van der Waals surface area contributed by atoms with Crippen LogP contribution in [-0.4, -0.2) is 51.8 Å². The number of hydrogen-bond acceptors (Lipinski definition) is 5. The Kier molecular flexibility index (Phi) is 5.12. The number of carbonyl (C=O) groups is 1. The number of aromatic nitrogens is 6. The lowest BCUT2D eigenvalue weighted by Crippen LogP contribution is -2.37. The Labute approximate surface area is 205 Å². The molecule has 6 rings (SSSR count). The number of fused-ring (bicyclic) bond motifs is 3. The van der Waals surface area contributed by atoms with Crippen LogP contribution in [0.3, 0.4) is 0 Å². The van der Waals surface area contributed by atoms with Gasteiger partial charge in [-0.1, -0.05) is 13.3 Å². The molecular formula is C26H34N8O. The molecule has 2 fully saturated rings. The second-order valence-electron chi connectivity index (χ2n) is 10.2. The third kappa shape index (κ3) is 3.59. The average molecular weight is 475 g/mol. The molecule has 0 spiro atoms. The van der Waals surface area contributed by atoms with E-state index >= 15 is 0 Å². The van der Waals surface area contributed by atoms with Crippen LogP contribution in [0.25, 0.3) is 22.1 Å². The zero-order valence-corrected chi connectivity index (χ0v) is 21.2. The third-order valence-electron chi connectivity index (χ3n) is 7.68. The zero-order valence-electron chi connectivity index (χ0n) is 21.2. The van der Waals surface area contributed by atoms with Gasteiger partial charge in [0.05, 0.1) is 11.8 Å². The van der Waals surface area contributed by atoms with E-state index in [0.717, 1.165) is 58.5 Å². The van der Waals surface area contributed by atoms with E-state index < -0.39 is 0 Å². The number of anilines is 2. The minimum Gasteiger partial charge on any atom is -0.333 e.